The number of nitroso groups, excluding NO2 is 1. The third-order valence-electron chi connectivity index (χ3n) is 1.82. The highest BCUT2D eigenvalue weighted by molar-refractivity contribution is 7.89. The van der Waals surface area contributed by atoms with Gasteiger partial charge in [0.1, 0.15) is 0 Å². The molecule has 0 aliphatic rings. The van der Waals surface area contributed by atoms with Crippen LogP contribution in [-0.2, 0) is 16.6 Å². The number of hydrogen-bond donors (Lipinski definition) is 0. The van der Waals surface area contributed by atoms with Gasteiger partial charge in [-0.25, -0.2) is 0 Å². The van der Waals surface area contributed by atoms with Crippen LogP contribution in [0.2, 0.25) is 0 Å². The molecular formula is C8H7F3N2O3S. The van der Waals surface area contributed by atoms with E-state index in [0.717, 1.165) is 0 Å². The Morgan fingerprint density at radius 1 is 1.18 bits per heavy atom. The third-order valence-corrected chi connectivity index (χ3v) is 3.16. The molecule has 0 N–H and O–H groups in total. The summed E-state index contributed by atoms with van der Waals surface area (Å²) >= 11 is 0. The lowest BCUT2D eigenvalue weighted by Gasteiger charge is -2.16. The maximum absolute atomic E-state index is 12.1. The Morgan fingerprint density at radius 2 is 1.71 bits per heavy atom. The summed E-state index contributed by atoms with van der Waals surface area (Å²) in [6.07, 6.45) is 0. The second-order valence-corrected chi connectivity index (χ2v) is 4.83. The summed E-state index contributed by atoms with van der Waals surface area (Å²) in [5.41, 5.74) is -5.32. The lowest BCUT2D eigenvalue weighted by atomic mass is 10.2. The van der Waals surface area contributed by atoms with Gasteiger partial charge < -0.3 is 0 Å². The molecule has 94 valence electrons. The summed E-state index contributed by atoms with van der Waals surface area (Å²) in [4.78, 5) is 10.2. The summed E-state index contributed by atoms with van der Waals surface area (Å²) in [7, 11) is -5.73. The Morgan fingerprint density at radius 3 is 2.12 bits per heavy atom. The molecule has 0 heterocycles. The number of hydrogen-bond acceptors (Lipinski definition) is 4. The van der Waals surface area contributed by atoms with Gasteiger partial charge in [0, 0.05) is 0 Å². The van der Waals surface area contributed by atoms with Crippen molar-refractivity contribution in [2.75, 3.05) is 0 Å². The standard InChI is InChI=1S/C8H7F3N2O3S/c9-8(10,11)17(15,16)13(12-14)6-7-4-2-1-3-5-7/h1-5H,6H2. The van der Waals surface area contributed by atoms with E-state index in [9.17, 15) is 26.5 Å². The first-order valence-corrected chi connectivity index (χ1v) is 5.69. The molecule has 5 nitrogen and oxygen atoms in total. The van der Waals surface area contributed by atoms with Crippen molar-refractivity contribution < 1.29 is 21.6 Å². The molecule has 17 heavy (non-hydrogen) atoms. The summed E-state index contributed by atoms with van der Waals surface area (Å²) in [5, 5.41) is 1.90. The molecular weight excluding hydrogens is 261 g/mol. The van der Waals surface area contributed by atoms with Crippen LogP contribution in [0.1, 0.15) is 5.56 Å². The highest BCUT2D eigenvalue weighted by Crippen LogP contribution is 2.28. The monoisotopic (exact) mass is 268 g/mol. The van der Waals surface area contributed by atoms with Crippen LogP contribution in [0.15, 0.2) is 35.6 Å². The van der Waals surface area contributed by atoms with Crippen molar-refractivity contribution in [1.82, 2.24) is 4.41 Å². The Hall–Kier alpha value is -1.64. The molecule has 0 amide bonds. The van der Waals surface area contributed by atoms with Crippen molar-refractivity contribution >= 4 is 10.0 Å². The molecule has 1 aromatic carbocycles. The maximum atomic E-state index is 12.1. The van der Waals surface area contributed by atoms with Crippen LogP contribution in [0, 0.1) is 4.91 Å². The predicted octanol–water partition coefficient (Wildman–Crippen LogP) is 2.02. The molecule has 9 heteroatoms. The Bertz CT molecular complexity index is 486. The van der Waals surface area contributed by atoms with Crippen LogP contribution in [-0.4, -0.2) is 18.3 Å². The van der Waals surface area contributed by atoms with Crippen molar-refractivity contribution in [1.29, 1.82) is 0 Å². The number of benzene rings is 1. The van der Waals surface area contributed by atoms with Gasteiger partial charge in [-0.2, -0.15) is 21.6 Å². The van der Waals surface area contributed by atoms with E-state index in [4.69, 9.17) is 0 Å². The molecule has 0 bridgehead atoms. The normalized spacial score (nSPS) is 12.2. The topological polar surface area (TPSA) is 66.8 Å². The quantitative estimate of drug-likeness (QED) is 0.619. The zero-order chi connectivity index (χ0) is 13.1. The zero-order valence-corrected chi connectivity index (χ0v) is 9.07. The van der Waals surface area contributed by atoms with E-state index in [1.807, 2.05) is 5.29 Å². The van der Waals surface area contributed by atoms with Gasteiger partial charge in [-0.05, 0) is 5.56 Å². The van der Waals surface area contributed by atoms with Gasteiger partial charge in [0.05, 0.1) is 11.8 Å². The molecule has 0 aliphatic heterocycles. The van der Waals surface area contributed by atoms with Gasteiger partial charge in [0.15, 0.2) is 0 Å². The average molecular weight is 268 g/mol. The van der Waals surface area contributed by atoms with Crippen LogP contribution in [0.5, 0.6) is 0 Å². The lowest BCUT2D eigenvalue weighted by molar-refractivity contribution is -0.0491. The van der Waals surface area contributed by atoms with Crippen LogP contribution < -0.4 is 0 Å². The lowest BCUT2D eigenvalue weighted by Crippen LogP contribution is -2.36. The van der Waals surface area contributed by atoms with Gasteiger partial charge in [-0.3, -0.25) is 0 Å². The highest BCUT2D eigenvalue weighted by atomic mass is 32.2. The average Bonchev–Trinajstić information content (AvgIpc) is 2.25. The van der Waals surface area contributed by atoms with Crippen molar-refractivity contribution in [3.8, 4) is 0 Å². The molecule has 1 aromatic rings. The maximum Gasteiger partial charge on any atom is 0.518 e. The molecule has 0 saturated heterocycles. The molecule has 0 aromatic heterocycles. The van der Waals surface area contributed by atoms with Crippen molar-refractivity contribution in [3.63, 3.8) is 0 Å². The number of sulfonamides is 1. The molecule has 0 radical (unpaired) electrons. The number of halogens is 3. The Balaban J connectivity index is 2.99. The number of alkyl halides is 3. The molecule has 0 atom stereocenters. The fourth-order valence-electron chi connectivity index (χ4n) is 1.02. The fraction of sp³-hybridized carbons (Fsp3) is 0.250. The largest absolute Gasteiger partial charge is 0.518 e. The van der Waals surface area contributed by atoms with E-state index in [1.54, 1.807) is 6.07 Å². The van der Waals surface area contributed by atoms with Gasteiger partial charge in [0.25, 0.3) is 0 Å². The van der Waals surface area contributed by atoms with Crippen molar-refractivity contribution in [3.05, 3.63) is 40.8 Å². The number of rotatable bonds is 4. The summed E-state index contributed by atoms with van der Waals surface area (Å²) in [6.45, 7) is -0.758. The number of nitrogens with zero attached hydrogens (tertiary/aromatic N) is 2. The van der Waals surface area contributed by atoms with E-state index < -0.39 is 26.5 Å². The van der Waals surface area contributed by atoms with E-state index in [2.05, 4.69) is 0 Å². The molecule has 0 spiro atoms. The third kappa shape index (κ3) is 2.93. The van der Waals surface area contributed by atoms with Gasteiger partial charge in [0.2, 0.25) is 0 Å². The van der Waals surface area contributed by atoms with E-state index in [1.165, 1.54) is 24.3 Å². The van der Waals surface area contributed by atoms with Gasteiger partial charge >= 0.3 is 15.5 Å². The van der Waals surface area contributed by atoms with Gasteiger partial charge in [-0.1, -0.05) is 30.3 Å². The minimum absolute atomic E-state index is 0.222. The van der Waals surface area contributed by atoms with Crippen LogP contribution in [0.25, 0.3) is 0 Å². The van der Waals surface area contributed by atoms with E-state index in [-0.39, 0.29) is 5.56 Å². The fourth-order valence-corrected chi connectivity index (χ4v) is 1.66. The second-order valence-electron chi connectivity index (χ2n) is 3.00. The first kappa shape index (κ1) is 13.4. The summed E-state index contributed by atoms with van der Waals surface area (Å²) in [5.74, 6) is 0. The molecule has 0 aliphatic carbocycles. The molecule has 0 fully saturated rings. The van der Waals surface area contributed by atoms with Crippen LogP contribution >= 0.6 is 0 Å². The first-order valence-electron chi connectivity index (χ1n) is 4.25. The predicted molar refractivity (Wildman–Crippen MR) is 52.8 cm³/mol. The smallest absolute Gasteiger partial charge is 0.195 e. The molecule has 0 saturated carbocycles. The van der Waals surface area contributed by atoms with E-state index >= 15 is 0 Å². The summed E-state index contributed by atoms with van der Waals surface area (Å²) < 4.78 is 57.7. The van der Waals surface area contributed by atoms with Crippen molar-refractivity contribution in [2.24, 2.45) is 5.29 Å². The highest BCUT2D eigenvalue weighted by Gasteiger charge is 2.50. The Labute approximate surface area is 94.8 Å². The van der Waals surface area contributed by atoms with E-state index in [0.29, 0.717) is 0 Å². The zero-order valence-electron chi connectivity index (χ0n) is 8.26. The van der Waals surface area contributed by atoms with Crippen molar-refractivity contribution in [2.45, 2.75) is 12.1 Å². The van der Waals surface area contributed by atoms with Gasteiger partial charge in [-0.15, -0.1) is 9.32 Å². The first-order chi connectivity index (χ1) is 7.79. The minimum atomic E-state index is -5.73. The minimum Gasteiger partial charge on any atom is -0.195 e. The summed E-state index contributed by atoms with van der Waals surface area (Å²) in [6, 6.07) is 7.35. The van der Waals surface area contributed by atoms with Crippen LogP contribution in [0.3, 0.4) is 0 Å². The Kier molecular flexibility index (Phi) is 3.71. The SMILES string of the molecule is O=NN(Cc1ccccc1)S(=O)(=O)C(F)(F)F. The molecule has 1 rings (SSSR count). The van der Waals surface area contributed by atoms with Crippen LogP contribution in [0.4, 0.5) is 13.2 Å². The molecule has 0 unspecified atom stereocenters. The second kappa shape index (κ2) is 4.70.